The molecule has 1 saturated heterocycles. The van der Waals surface area contributed by atoms with Gasteiger partial charge in [-0.2, -0.15) is 4.31 Å². The summed E-state index contributed by atoms with van der Waals surface area (Å²) < 4.78 is 50.3. The Kier molecular flexibility index (Phi) is 16.0. The number of carbonyl (C=O) groups excluding carboxylic acids is 1. The second-order valence-corrected chi connectivity index (χ2v) is 15.9. The van der Waals surface area contributed by atoms with E-state index in [1.807, 2.05) is 0 Å². The minimum Gasteiger partial charge on any atom is -0.394 e. The maximum absolute atomic E-state index is 12.5. The standard InChI is InChI=1S/C35H51NO13P2/c1-24(45-23-30-28-18-12-10-16-26(28)21-27-17-11-13-19-29(27)30)15-9-7-5-3-4-6-8-14-20-46-50(41,42)49-51(43,44)48-35-32(36-25(2)38)34(40)33(39)31(22-37)47-35/h10-13,16-19,21,24,31-35,37,39-40H,3-9,14-15,20,22-23H2,1-2H3,(H,36,38)(H,41,42)(H,43,44)/t24?,31-,32-,33+,34-,35-/m1/s1. The zero-order valence-corrected chi connectivity index (χ0v) is 30.8. The fraction of sp³-hybridized carbons (Fsp3) is 0.571. The molecule has 0 saturated carbocycles. The van der Waals surface area contributed by atoms with Gasteiger partial charge in [-0.25, -0.2) is 9.13 Å². The summed E-state index contributed by atoms with van der Waals surface area (Å²) in [7, 11) is -10.4. The van der Waals surface area contributed by atoms with Crippen molar-refractivity contribution in [1.82, 2.24) is 5.32 Å². The number of amides is 1. The molecular weight excluding hydrogens is 704 g/mol. The van der Waals surface area contributed by atoms with Crippen LogP contribution in [0.4, 0.5) is 0 Å². The number of unbranched alkanes of at least 4 members (excludes halogenated alkanes) is 7. The lowest BCUT2D eigenvalue weighted by atomic mass is 9.97. The maximum Gasteiger partial charge on any atom is 0.483 e. The predicted molar refractivity (Wildman–Crippen MR) is 190 cm³/mol. The first-order chi connectivity index (χ1) is 24.3. The van der Waals surface area contributed by atoms with Crippen molar-refractivity contribution in [2.45, 2.75) is 115 Å². The van der Waals surface area contributed by atoms with Gasteiger partial charge in [0.05, 0.1) is 25.9 Å². The van der Waals surface area contributed by atoms with E-state index >= 15 is 0 Å². The molecule has 3 aromatic carbocycles. The van der Waals surface area contributed by atoms with E-state index in [0.717, 1.165) is 51.9 Å². The molecule has 1 aliphatic heterocycles. The molecule has 0 aliphatic carbocycles. The van der Waals surface area contributed by atoms with E-state index < -0.39 is 58.8 Å². The highest BCUT2D eigenvalue weighted by Gasteiger charge is 2.49. The van der Waals surface area contributed by atoms with Crippen LogP contribution in [0.2, 0.25) is 0 Å². The number of aliphatic hydroxyl groups is 3. The molecule has 1 fully saturated rings. The fourth-order valence-corrected chi connectivity index (χ4v) is 8.40. The summed E-state index contributed by atoms with van der Waals surface area (Å²) in [5.41, 5.74) is 1.22. The van der Waals surface area contributed by atoms with Crippen molar-refractivity contribution >= 4 is 43.1 Å². The van der Waals surface area contributed by atoms with Crippen molar-refractivity contribution < 1.29 is 61.9 Å². The summed E-state index contributed by atoms with van der Waals surface area (Å²) in [6, 6.07) is 17.5. The lowest BCUT2D eigenvalue weighted by Crippen LogP contribution is -2.64. The molecule has 4 rings (SSSR count). The summed E-state index contributed by atoms with van der Waals surface area (Å²) in [6.07, 6.45) is 1.62. The van der Waals surface area contributed by atoms with Gasteiger partial charge in [0.2, 0.25) is 5.91 Å². The number of nitrogens with one attached hydrogen (secondary N) is 1. The van der Waals surface area contributed by atoms with Crippen LogP contribution in [-0.4, -0.2) is 81.0 Å². The van der Waals surface area contributed by atoms with E-state index in [0.29, 0.717) is 19.4 Å². The quantitative estimate of drug-likeness (QED) is 0.0445. The number of aliphatic hydroxyl groups excluding tert-OH is 3. The number of carbonyl (C=O) groups is 1. The van der Waals surface area contributed by atoms with E-state index in [2.05, 4.69) is 71.1 Å². The highest BCUT2D eigenvalue weighted by molar-refractivity contribution is 7.61. The summed E-state index contributed by atoms with van der Waals surface area (Å²) in [5, 5.41) is 36.8. The number of ether oxygens (including phenoxy) is 2. The molecule has 0 aromatic heterocycles. The minimum absolute atomic E-state index is 0.141. The van der Waals surface area contributed by atoms with E-state index in [9.17, 15) is 39.0 Å². The Morgan fingerprint density at radius 1 is 0.863 bits per heavy atom. The topological polar surface area (TPSA) is 211 Å². The van der Waals surface area contributed by atoms with Crippen molar-refractivity contribution in [3.8, 4) is 0 Å². The molecule has 0 radical (unpaired) electrons. The molecule has 16 heteroatoms. The Morgan fingerprint density at radius 2 is 1.43 bits per heavy atom. The Morgan fingerprint density at radius 3 is 2.02 bits per heavy atom. The second kappa shape index (κ2) is 19.7. The van der Waals surface area contributed by atoms with Crippen LogP contribution in [0.1, 0.15) is 77.2 Å². The molecule has 0 spiro atoms. The lowest BCUT2D eigenvalue weighted by Gasteiger charge is -2.42. The second-order valence-electron chi connectivity index (χ2n) is 12.9. The van der Waals surface area contributed by atoms with Crippen LogP contribution in [0.15, 0.2) is 54.6 Å². The normalized spacial score (nSPS) is 23.9. The van der Waals surface area contributed by atoms with E-state index in [4.69, 9.17) is 18.5 Å². The fourth-order valence-electron chi connectivity index (χ4n) is 6.21. The van der Waals surface area contributed by atoms with Crippen molar-refractivity contribution in [2.24, 2.45) is 0 Å². The molecule has 51 heavy (non-hydrogen) atoms. The van der Waals surface area contributed by atoms with Gasteiger partial charge in [0.15, 0.2) is 6.29 Å². The van der Waals surface area contributed by atoms with Crippen LogP contribution in [0.25, 0.3) is 21.5 Å². The number of fused-ring (bicyclic) bond motifs is 2. The molecule has 3 aromatic rings. The average Bonchev–Trinajstić information content (AvgIpc) is 3.07. The lowest BCUT2D eigenvalue weighted by molar-refractivity contribution is -0.247. The third-order valence-electron chi connectivity index (χ3n) is 8.85. The zero-order valence-electron chi connectivity index (χ0n) is 29.0. The van der Waals surface area contributed by atoms with Crippen LogP contribution in [-0.2, 0) is 43.4 Å². The molecule has 1 aliphatic rings. The Balaban J connectivity index is 1.07. The molecule has 14 nitrogen and oxygen atoms in total. The number of hydrogen-bond donors (Lipinski definition) is 6. The van der Waals surface area contributed by atoms with Crippen molar-refractivity contribution in [1.29, 1.82) is 0 Å². The Labute approximate surface area is 298 Å². The first-order valence-electron chi connectivity index (χ1n) is 17.4. The third-order valence-corrected chi connectivity index (χ3v) is 11.5. The van der Waals surface area contributed by atoms with Gasteiger partial charge < -0.3 is 39.9 Å². The van der Waals surface area contributed by atoms with Gasteiger partial charge in [0.25, 0.3) is 0 Å². The van der Waals surface area contributed by atoms with Gasteiger partial charge in [0, 0.05) is 6.92 Å². The van der Waals surface area contributed by atoms with Gasteiger partial charge in [0.1, 0.15) is 24.4 Å². The SMILES string of the molecule is CC(=O)N[C@H]1[C@@H](OP(=O)(O)OP(=O)(O)OCCCCCCCCCCC(C)OCc2c3ccccc3cc3ccccc23)O[C@H](CO)[C@H](O)[C@@H]1O. The third kappa shape index (κ3) is 12.7. The minimum atomic E-state index is -5.37. The Bertz CT molecular complexity index is 1600. The number of benzene rings is 3. The van der Waals surface area contributed by atoms with Crippen LogP contribution in [0, 0.1) is 0 Å². The van der Waals surface area contributed by atoms with E-state index in [-0.39, 0.29) is 12.7 Å². The van der Waals surface area contributed by atoms with E-state index in [1.54, 1.807) is 0 Å². The number of rotatable bonds is 21. The highest BCUT2D eigenvalue weighted by Crippen LogP contribution is 2.61. The van der Waals surface area contributed by atoms with Gasteiger partial charge >= 0.3 is 15.6 Å². The number of phosphoric ester groups is 2. The predicted octanol–water partition coefficient (Wildman–Crippen LogP) is 5.60. The molecule has 1 amide bonds. The molecule has 1 heterocycles. The average molecular weight is 756 g/mol. The van der Waals surface area contributed by atoms with Gasteiger partial charge in [-0.05, 0) is 52.9 Å². The largest absolute Gasteiger partial charge is 0.483 e. The molecular formula is C35H51NO13P2. The van der Waals surface area contributed by atoms with Crippen LogP contribution in [0.5, 0.6) is 0 Å². The van der Waals surface area contributed by atoms with Gasteiger partial charge in [-0.1, -0.05) is 93.5 Å². The molecule has 284 valence electrons. The van der Waals surface area contributed by atoms with Crippen LogP contribution < -0.4 is 5.32 Å². The molecule has 0 bridgehead atoms. The summed E-state index contributed by atoms with van der Waals surface area (Å²) in [4.78, 5) is 31.6. The molecule has 3 unspecified atom stereocenters. The monoisotopic (exact) mass is 755 g/mol. The van der Waals surface area contributed by atoms with Crippen molar-refractivity contribution in [2.75, 3.05) is 13.2 Å². The van der Waals surface area contributed by atoms with Crippen LogP contribution >= 0.6 is 15.6 Å². The van der Waals surface area contributed by atoms with Gasteiger partial charge in [-0.15, -0.1) is 0 Å². The number of phosphoric acid groups is 2. The maximum atomic E-state index is 12.5. The zero-order chi connectivity index (χ0) is 37.0. The summed E-state index contributed by atoms with van der Waals surface area (Å²) in [5.74, 6) is -0.700. The first-order valence-corrected chi connectivity index (χ1v) is 20.4. The van der Waals surface area contributed by atoms with Gasteiger partial charge in [-0.3, -0.25) is 13.8 Å². The smallest absolute Gasteiger partial charge is 0.394 e. The molecule has 6 N–H and O–H groups in total. The molecule has 8 atom stereocenters. The van der Waals surface area contributed by atoms with E-state index in [1.165, 1.54) is 27.1 Å². The van der Waals surface area contributed by atoms with Crippen molar-refractivity contribution in [3.05, 3.63) is 60.2 Å². The van der Waals surface area contributed by atoms with Crippen molar-refractivity contribution in [3.63, 3.8) is 0 Å². The Hall–Kier alpha value is -2.29. The number of hydrogen-bond acceptors (Lipinski definition) is 11. The van der Waals surface area contributed by atoms with Crippen LogP contribution in [0.3, 0.4) is 0 Å². The highest BCUT2D eigenvalue weighted by atomic mass is 31.3. The summed E-state index contributed by atoms with van der Waals surface area (Å²) >= 11 is 0. The summed E-state index contributed by atoms with van der Waals surface area (Å²) in [6.45, 7) is 2.75. The first kappa shape index (κ1) is 41.5.